The zero-order chi connectivity index (χ0) is 17.8. The lowest BCUT2D eigenvalue weighted by Gasteiger charge is -2.15. The molecule has 0 saturated heterocycles. The number of aromatic nitrogens is 1. The average Bonchev–Trinajstić information content (AvgIpc) is 3.03. The summed E-state index contributed by atoms with van der Waals surface area (Å²) in [6.45, 7) is 2.43. The average molecular weight is 368 g/mol. The number of hydrogen-bond donors (Lipinski definition) is 0. The molecule has 0 N–H and O–H groups in total. The monoisotopic (exact) mass is 367 g/mol. The van der Waals surface area contributed by atoms with Gasteiger partial charge in [-0.15, -0.1) is 0 Å². The van der Waals surface area contributed by atoms with Gasteiger partial charge in [0.25, 0.3) is 5.91 Å². The second-order valence-corrected chi connectivity index (χ2v) is 6.70. The lowest BCUT2D eigenvalue weighted by atomic mass is 10.1. The van der Waals surface area contributed by atoms with Gasteiger partial charge in [0.15, 0.2) is 5.13 Å². The summed E-state index contributed by atoms with van der Waals surface area (Å²) in [5.74, 6) is -0.142. The maximum Gasteiger partial charge on any atom is 0.252 e. The molecular formula is C19H14ClN3OS. The maximum atomic E-state index is 12.5. The van der Waals surface area contributed by atoms with Crippen molar-refractivity contribution in [2.45, 2.75) is 6.92 Å². The lowest BCUT2D eigenvalue weighted by molar-refractivity contribution is -0.114. The van der Waals surface area contributed by atoms with Crippen LogP contribution in [0.15, 0.2) is 48.5 Å². The smallest absolute Gasteiger partial charge is 0.252 e. The minimum Gasteiger partial charge on any atom is -0.285 e. The predicted molar refractivity (Wildman–Crippen MR) is 103 cm³/mol. The van der Waals surface area contributed by atoms with Crippen LogP contribution in [0.1, 0.15) is 18.1 Å². The zero-order valence-electron chi connectivity index (χ0n) is 13.4. The van der Waals surface area contributed by atoms with Gasteiger partial charge in [-0.3, -0.25) is 9.69 Å². The van der Waals surface area contributed by atoms with E-state index in [0.29, 0.717) is 22.3 Å². The van der Waals surface area contributed by atoms with Crippen molar-refractivity contribution in [1.82, 2.24) is 4.98 Å². The van der Waals surface area contributed by atoms with Gasteiger partial charge in [0.05, 0.1) is 21.8 Å². The van der Waals surface area contributed by atoms with Crippen LogP contribution in [-0.2, 0) is 4.79 Å². The van der Waals surface area contributed by atoms with Crippen molar-refractivity contribution in [3.63, 3.8) is 0 Å². The Kier molecular flexibility index (Phi) is 5.13. The summed E-state index contributed by atoms with van der Waals surface area (Å²) in [4.78, 5) is 18.7. The van der Waals surface area contributed by atoms with E-state index >= 15 is 0 Å². The molecule has 25 heavy (non-hydrogen) atoms. The van der Waals surface area contributed by atoms with Gasteiger partial charge >= 0.3 is 0 Å². The summed E-state index contributed by atoms with van der Waals surface area (Å²) < 4.78 is 0.988. The minimum atomic E-state index is -0.142. The van der Waals surface area contributed by atoms with Crippen LogP contribution in [-0.4, -0.2) is 17.4 Å². The standard InChI is InChI=1S/C19H14ClN3OS/c1-2-23(19-22-16-11-15(20)8-9-17(16)25-19)18(24)10-7-13-3-5-14(12-21)6-4-13/h3-11H,2H2,1H3/b10-7+. The Bertz CT molecular complexity index is 986. The molecule has 1 aromatic heterocycles. The fraction of sp³-hybridized carbons (Fsp3) is 0.105. The third-order valence-electron chi connectivity index (χ3n) is 3.61. The van der Waals surface area contributed by atoms with Crippen LogP contribution in [0.3, 0.4) is 0 Å². The Morgan fingerprint density at radius 1 is 1.32 bits per heavy atom. The number of rotatable bonds is 4. The Balaban J connectivity index is 1.82. The summed E-state index contributed by atoms with van der Waals surface area (Å²) >= 11 is 7.45. The number of thiazole rings is 1. The second-order valence-electron chi connectivity index (χ2n) is 5.26. The number of benzene rings is 2. The van der Waals surface area contributed by atoms with Crippen LogP contribution in [0.5, 0.6) is 0 Å². The highest BCUT2D eigenvalue weighted by atomic mass is 35.5. The molecule has 3 rings (SSSR count). The first-order valence-electron chi connectivity index (χ1n) is 7.66. The van der Waals surface area contributed by atoms with Gasteiger partial charge in [-0.25, -0.2) is 4.98 Å². The molecule has 0 radical (unpaired) electrons. The molecule has 0 aliphatic rings. The molecule has 124 valence electrons. The van der Waals surface area contributed by atoms with Gasteiger partial charge in [-0.2, -0.15) is 5.26 Å². The first-order valence-corrected chi connectivity index (χ1v) is 8.86. The minimum absolute atomic E-state index is 0.142. The number of nitrogens with zero attached hydrogens (tertiary/aromatic N) is 3. The van der Waals surface area contributed by atoms with E-state index in [-0.39, 0.29) is 5.91 Å². The molecule has 0 unspecified atom stereocenters. The lowest BCUT2D eigenvalue weighted by Crippen LogP contribution is -2.28. The molecule has 6 heteroatoms. The van der Waals surface area contributed by atoms with Crippen molar-refractivity contribution < 1.29 is 4.79 Å². The van der Waals surface area contributed by atoms with E-state index in [4.69, 9.17) is 16.9 Å². The van der Waals surface area contributed by atoms with Crippen LogP contribution in [0.4, 0.5) is 5.13 Å². The number of carbonyl (C=O) groups is 1. The number of anilines is 1. The molecule has 0 aliphatic carbocycles. The van der Waals surface area contributed by atoms with Crippen LogP contribution < -0.4 is 4.90 Å². The van der Waals surface area contributed by atoms with E-state index in [1.807, 2.05) is 19.1 Å². The summed E-state index contributed by atoms with van der Waals surface area (Å²) in [5, 5.41) is 10.1. The number of halogens is 1. The van der Waals surface area contributed by atoms with Crippen molar-refractivity contribution in [3.05, 3.63) is 64.7 Å². The second kappa shape index (κ2) is 7.47. The fourth-order valence-electron chi connectivity index (χ4n) is 2.32. The highest BCUT2D eigenvalue weighted by Gasteiger charge is 2.16. The normalized spacial score (nSPS) is 10.9. The summed E-state index contributed by atoms with van der Waals surface area (Å²) in [7, 11) is 0. The van der Waals surface area contributed by atoms with Crippen LogP contribution >= 0.6 is 22.9 Å². The molecule has 4 nitrogen and oxygen atoms in total. The molecular weight excluding hydrogens is 354 g/mol. The van der Waals surface area contributed by atoms with Crippen molar-refractivity contribution in [2.75, 3.05) is 11.4 Å². The molecule has 0 saturated carbocycles. The topological polar surface area (TPSA) is 57.0 Å². The summed E-state index contributed by atoms with van der Waals surface area (Å²) in [6, 6.07) is 14.6. The van der Waals surface area contributed by atoms with Gasteiger partial charge in [0.2, 0.25) is 0 Å². The molecule has 0 bridgehead atoms. The van der Waals surface area contributed by atoms with E-state index in [2.05, 4.69) is 11.1 Å². The van der Waals surface area contributed by atoms with E-state index in [1.54, 1.807) is 41.3 Å². The first-order chi connectivity index (χ1) is 12.1. The number of hydrogen-bond acceptors (Lipinski definition) is 4. The van der Waals surface area contributed by atoms with Crippen LogP contribution in [0, 0.1) is 11.3 Å². The fourth-order valence-corrected chi connectivity index (χ4v) is 3.50. The van der Waals surface area contributed by atoms with E-state index in [1.165, 1.54) is 17.4 Å². The zero-order valence-corrected chi connectivity index (χ0v) is 15.0. The maximum absolute atomic E-state index is 12.5. The molecule has 3 aromatic rings. The van der Waals surface area contributed by atoms with Gasteiger partial charge < -0.3 is 0 Å². The van der Waals surface area contributed by atoms with E-state index in [9.17, 15) is 4.79 Å². The highest BCUT2D eigenvalue weighted by molar-refractivity contribution is 7.22. The number of fused-ring (bicyclic) bond motifs is 1. The Labute approximate surface area is 154 Å². The Morgan fingerprint density at radius 3 is 2.76 bits per heavy atom. The summed E-state index contributed by atoms with van der Waals surface area (Å²) in [6.07, 6.45) is 3.25. The molecule has 0 atom stereocenters. The van der Waals surface area contributed by atoms with Crippen molar-refractivity contribution in [1.29, 1.82) is 5.26 Å². The highest BCUT2D eigenvalue weighted by Crippen LogP contribution is 2.30. The Morgan fingerprint density at radius 2 is 2.08 bits per heavy atom. The Hall–Kier alpha value is -2.68. The first kappa shape index (κ1) is 17.2. The molecule has 1 amide bonds. The molecule has 2 aromatic carbocycles. The van der Waals surface area contributed by atoms with Crippen molar-refractivity contribution in [2.24, 2.45) is 0 Å². The van der Waals surface area contributed by atoms with Gasteiger partial charge in [0.1, 0.15) is 0 Å². The number of likely N-dealkylation sites (N-methyl/N-ethyl adjacent to an activating group) is 1. The third-order valence-corrected chi connectivity index (χ3v) is 4.90. The van der Waals surface area contributed by atoms with Gasteiger partial charge in [-0.1, -0.05) is 35.1 Å². The van der Waals surface area contributed by atoms with E-state index in [0.717, 1.165) is 15.8 Å². The van der Waals surface area contributed by atoms with Crippen LogP contribution in [0.2, 0.25) is 5.02 Å². The van der Waals surface area contributed by atoms with Crippen LogP contribution in [0.25, 0.3) is 16.3 Å². The molecule has 0 spiro atoms. The van der Waals surface area contributed by atoms with E-state index < -0.39 is 0 Å². The van der Waals surface area contributed by atoms with Crippen molar-refractivity contribution in [3.8, 4) is 6.07 Å². The number of nitriles is 1. The molecule has 0 aliphatic heterocycles. The largest absolute Gasteiger partial charge is 0.285 e. The summed E-state index contributed by atoms with van der Waals surface area (Å²) in [5.41, 5.74) is 2.24. The number of amides is 1. The van der Waals surface area contributed by atoms with Gasteiger partial charge in [0, 0.05) is 17.6 Å². The number of carbonyl (C=O) groups excluding carboxylic acids is 1. The quantitative estimate of drug-likeness (QED) is 0.617. The SMILES string of the molecule is CCN(C(=O)/C=C/c1ccc(C#N)cc1)c1nc2cc(Cl)ccc2s1. The van der Waals surface area contributed by atoms with Gasteiger partial charge in [-0.05, 0) is 48.9 Å². The van der Waals surface area contributed by atoms with Crippen molar-refractivity contribution >= 4 is 50.3 Å². The molecule has 1 heterocycles. The third kappa shape index (κ3) is 3.87. The molecule has 0 fully saturated rings. The predicted octanol–water partition coefficient (Wildman–Crippen LogP) is 4.89.